The number of aromatic hydroxyl groups is 1. The number of hydrogen-bond donors (Lipinski definition) is 2. The second-order valence-corrected chi connectivity index (χ2v) is 4.86. The molecule has 4 heteroatoms. The zero-order chi connectivity index (χ0) is 14.4. The van der Waals surface area contributed by atoms with Crippen LogP contribution in [0.2, 0.25) is 0 Å². The summed E-state index contributed by atoms with van der Waals surface area (Å²) in [6.07, 6.45) is 2.74. The summed E-state index contributed by atoms with van der Waals surface area (Å²) >= 11 is 0. The van der Waals surface area contributed by atoms with Crippen molar-refractivity contribution >= 4 is 0 Å². The van der Waals surface area contributed by atoms with Crippen LogP contribution in [0.3, 0.4) is 0 Å². The van der Waals surface area contributed by atoms with E-state index < -0.39 is 0 Å². The minimum absolute atomic E-state index is 0.304. The third-order valence-electron chi connectivity index (χ3n) is 3.14. The molecule has 0 bridgehead atoms. The largest absolute Gasteiger partial charge is 0.508 e. The van der Waals surface area contributed by atoms with Crippen molar-refractivity contribution < 1.29 is 9.84 Å². The van der Waals surface area contributed by atoms with Crippen LogP contribution in [0.5, 0.6) is 11.6 Å². The van der Waals surface area contributed by atoms with Crippen LogP contribution in [0, 0.1) is 0 Å². The number of methoxy groups -OCH3 is 1. The van der Waals surface area contributed by atoms with Crippen molar-refractivity contribution in [3.05, 3.63) is 53.7 Å². The standard InChI is InChI=1S/C16H20N2O2/c1-12(9-13-3-6-15(19)7-4-13)17-10-14-5-8-16(20-2)18-11-14/h3-8,11-12,17,19H,9-10H2,1-2H3. The van der Waals surface area contributed by atoms with E-state index >= 15 is 0 Å². The number of ether oxygens (including phenoxy) is 1. The molecule has 0 aliphatic rings. The lowest BCUT2D eigenvalue weighted by molar-refractivity contribution is 0.397. The minimum Gasteiger partial charge on any atom is -0.508 e. The number of pyridine rings is 1. The number of phenolic OH excluding ortho intramolecular Hbond substituents is 1. The molecule has 1 unspecified atom stereocenters. The highest BCUT2D eigenvalue weighted by molar-refractivity contribution is 5.26. The summed E-state index contributed by atoms with van der Waals surface area (Å²) in [5.74, 6) is 0.935. The van der Waals surface area contributed by atoms with E-state index in [1.54, 1.807) is 19.2 Å². The van der Waals surface area contributed by atoms with Gasteiger partial charge in [-0.3, -0.25) is 0 Å². The molecule has 106 valence electrons. The van der Waals surface area contributed by atoms with Crippen LogP contribution >= 0.6 is 0 Å². The number of aromatic nitrogens is 1. The fourth-order valence-electron chi connectivity index (χ4n) is 1.99. The van der Waals surface area contributed by atoms with Crippen molar-refractivity contribution in [2.75, 3.05) is 7.11 Å². The van der Waals surface area contributed by atoms with Gasteiger partial charge in [-0.15, -0.1) is 0 Å². The Balaban J connectivity index is 1.82. The molecule has 2 rings (SSSR count). The van der Waals surface area contributed by atoms with Gasteiger partial charge in [0.2, 0.25) is 5.88 Å². The molecule has 0 spiro atoms. The highest BCUT2D eigenvalue weighted by Crippen LogP contribution is 2.12. The molecule has 2 aromatic rings. The predicted octanol–water partition coefficient (Wildman–Crippen LogP) is 2.52. The Morgan fingerprint density at radius 2 is 1.85 bits per heavy atom. The zero-order valence-corrected chi connectivity index (χ0v) is 11.8. The maximum Gasteiger partial charge on any atom is 0.212 e. The molecule has 1 atom stereocenters. The Morgan fingerprint density at radius 3 is 2.45 bits per heavy atom. The quantitative estimate of drug-likeness (QED) is 0.848. The molecule has 0 amide bonds. The Hall–Kier alpha value is -2.07. The van der Waals surface area contributed by atoms with E-state index in [0.717, 1.165) is 18.5 Å². The van der Waals surface area contributed by atoms with E-state index in [2.05, 4.69) is 17.2 Å². The van der Waals surface area contributed by atoms with Gasteiger partial charge in [0, 0.05) is 24.8 Å². The van der Waals surface area contributed by atoms with E-state index in [4.69, 9.17) is 4.74 Å². The Labute approximate surface area is 119 Å². The maximum absolute atomic E-state index is 9.25. The number of benzene rings is 1. The molecule has 0 saturated heterocycles. The molecule has 1 heterocycles. The van der Waals surface area contributed by atoms with Crippen LogP contribution in [-0.4, -0.2) is 23.2 Å². The van der Waals surface area contributed by atoms with Gasteiger partial charge < -0.3 is 15.2 Å². The third kappa shape index (κ3) is 4.24. The second-order valence-electron chi connectivity index (χ2n) is 4.86. The monoisotopic (exact) mass is 272 g/mol. The SMILES string of the molecule is COc1ccc(CNC(C)Cc2ccc(O)cc2)cn1. The number of rotatable bonds is 6. The van der Waals surface area contributed by atoms with Gasteiger partial charge in [0.15, 0.2) is 0 Å². The van der Waals surface area contributed by atoms with Crippen molar-refractivity contribution in [3.8, 4) is 11.6 Å². The molecular formula is C16H20N2O2. The number of phenols is 1. The molecule has 0 saturated carbocycles. The first-order valence-electron chi connectivity index (χ1n) is 6.67. The zero-order valence-electron chi connectivity index (χ0n) is 11.8. The minimum atomic E-state index is 0.304. The van der Waals surface area contributed by atoms with Crippen molar-refractivity contribution in [3.63, 3.8) is 0 Å². The maximum atomic E-state index is 9.25. The van der Waals surface area contributed by atoms with Crippen LogP contribution in [0.25, 0.3) is 0 Å². The van der Waals surface area contributed by atoms with Crippen LogP contribution < -0.4 is 10.1 Å². The topological polar surface area (TPSA) is 54.4 Å². The van der Waals surface area contributed by atoms with Crippen LogP contribution in [-0.2, 0) is 13.0 Å². The lowest BCUT2D eigenvalue weighted by Gasteiger charge is -2.14. The van der Waals surface area contributed by atoms with Gasteiger partial charge in [-0.05, 0) is 36.6 Å². The van der Waals surface area contributed by atoms with Crippen LogP contribution in [0.4, 0.5) is 0 Å². The summed E-state index contributed by atoms with van der Waals surface area (Å²) < 4.78 is 5.03. The Morgan fingerprint density at radius 1 is 1.15 bits per heavy atom. The highest BCUT2D eigenvalue weighted by Gasteiger charge is 2.04. The average Bonchev–Trinajstić information content (AvgIpc) is 2.48. The van der Waals surface area contributed by atoms with Gasteiger partial charge in [0.1, 0.15) is 5.75 Å². The molecule has 0 fully saturated rings. The molecule has 1 aromatic carbocycles. The summed E-state index contributed by atoms with van der Waals surface area (Å²) in [4.78, 5) is 4.18. The van der Waals surface area contributed by atoms with Gasteiger partial charge >= 0.3 is 0 Å². The Bertz CT molecular complexity index is 523. The van der Waals surface area contributed by atoms with Gasteiger partial charge in [0.05, 0.1) is 7.11 Å². The molecular weight excluding hydrogens is 252 g/mol. The van der Waals surface area contributed by atoms with Gasteiger partial charge in [-0.2, -0.15) is 0 Å². The number of nitrogens with zero attached hydrogens (tertiary/aromatic N) is 1. The molecule has 1 aromatic heterocycles. The summed E-state index contributed by atoms with van der Waals surface area (Å²) in [6, 6.07) is 11.5. The first kappa shape index (κ1) is 14.3. The molecule has 0 radical (unpaired) electrons. The second kappa shape index (κ2) is 6.91. The summed E-state index contributed by atoms with van der Waals surface area (Å²) in [5.41, 5.74) is 2.33. The molecule has 0 aliphatic heterocycles. The molecule has 0 aliphatic carbocycles. The third-order valence-corrected chi connectivity index (χ3v) is 3.14. The van der Waals surface area contributed by atoms with Gasteiger partial charge in [-0.25, -0.2) is 4.98 Å². The van der Waals surface area contributed by atoms with E-state index in [0.29, 0.717) is 17.7 Å². The average molecular weight is 272 g/mol. The van der Waals surface area contributed by atoms with Crippen molar-refractivity contribution in [1.29, 1.82) is 0 Å². The van der Waals surface area contributed by atoms with Gasteiger partial charge in [0.25, 0.3) is 0 Å². The molecule has 2 N–H and O–H groups in total. The van der Waals surface area contributed by atoms with Crippen molar-refractivity contribution in [2.45, 2.75) is 25.9 Å². The Kier molecular flexibility index (Phi) is 4.96. The normalized spacial score (nSPS) is 12.1. The van der Waals surface area contributed by atoms with Gasteiger partial charge in [-0.1, -0.05) is 18.2 Å². The molecule has 4 nitrogen and oxygen atoms in total. The lowest BCUT2D eigenvalue weighted by atomic mass is 10.1. The highest BCUT2D eigenvalue weighted by atomic mass is 16.5. The van der Waals surface area contributed by atoms with Crippen LogP contribution in [0.15, 0.2) is 42.6 Å². The van der Waals surface area contributed by atoms with Crippen molar-refractivity contribution in [1.82, 2.24) is 10.3 Å². The number of hydrogen-bond acceptors (Lipinski definition) is 4. The number of nitrogens with one attached hydrogen (secondary N) is 1. The van der Waals surface area contributed by atoms with E-state index in [1.165, 1.54) is 5.56 Å². The van der Waals surface area contributed by atoms with E-state index in [9.17, 15) is 5.11 Å². The van der Waals surface area contributed by atoms with Crippen LogP contribution in [0.1, 0.15) is 18.1 Å². The summed E-state index contributed by atoms with van der Waals surface area (Å²) in [6.45, 7) is 2.92. The smallest absolute Gasteiger partial charge is 0.212 e. The van der Waals surface area contributed by atoms with E-state index in [-0.39, 0.29) is 0 Å². The van der Waals surface area contributed by atoms with E-state index in [1.807, 2.05) is 30.5 Å². The fourth-order valence-corrected chi connectivity index (χ4v) is 1.99. The lowest BCUT2D eigenvalue weighted by Crippen LogP contribution is -2.27. The van der Waals surface area contributed by atoms with Crippen molar-refractivity contribution in [2.24, 2.45) is 0 Å². The predicted molar refractivity (Wildman–Crippen MR) is 78.9 cm³/mol. The fraction of sp³-hybridized carbons (Fsp3) is 0.312. The summed E-state index contributed by atoms with van der Waals surface area (Å²) in [7, 11) is 1.61. The summed E-state index contributed by atoms with van der Waals surface area (Å²) in [5, 5.41) is 12.7. The first-order chi connectivity index (χ1) is 9.67. The first-order valence-corrected chi connectivity index (χ1v) is 6.67. The molecule has 20 heavy (non-hydrogen) atoms.